The van der Waals surface area contributed by atoms with Crippen molar-refractivity contribution in [1.29, 1.82) is 0 Å². The van der Waals surface area contributed by atoms with Gasteiger partial charge in [-0.3, -0.25) is 14.4 Å². The van der Waals surface area contributed by atoms with E-state index >= 15 is 0 Å². The third-order valence-electron chi connectivity index (χ3n) is 4.11. The Morgan fingerprint density at radius 2 is 1.76 bits per heavy atom. The van der Waals surface area contributed by atoms with Crippen molar-refractivity contribution >= 4 is 17.7 Å². The second kappa shape index (κ2) is 7.68. The second-order valence-corrected chi connectivity index (χ2v) is 7.49. The summed E-state index contributed by atoms with van der Waals surface area (Å²) in [6.07, 6.45) is 1.50. The highest BCUT2D eigenvalue weighted by Gasteiger charge is 2.21. The van der Waals surface area contributed by atoms with E-state index in [9.17, 15) is 14.4 Å². The first-order valence-electron chi connectivity index (χ1n) is 8.63. The van der Waals surface area contributed by atoms with Crippen molar-refractivity contribution in [2.45, 2.75) is 39.2 Å². The van der Waals surface area contributed by atoms with Crippen LogP contribution in [-0.4, -0.2) is 59.7 Å². The third-order valence-corrected chi connectivity index (χ3v) is 4.11. The Kier molecular flexibility index (Phi) is 5.82. The molecule has 1 aromatic carbocycles. The number of benzene rings is 1. The summed E-state index contributed by atoms with van der Waals surface area (Å²) in [5.41, 5.74) is 0.748. The van der Waals surface area contributed by atoms with Gasteiger partial charge in [0.05, 0.1) is 0 Å². The maximum Gasteiger partial charge on any atom is 0.253 e. The summed E-state index contributed by atoms with van der Waals surface area (Å²) >= 11 is 0. The fourth-order valence-corrected chi connectivity index (χ4v) is 2.71. The van der Waals surface area contributed by atoms with E-state index in [1.54, 1.807) is 41.1 Å². The summed E-state index contributed by atoms with van der Waals surface area (Å²) in [6, 6.07) is 6.65. The lowest BCUT2D eigenvalue weighted by Gasteiger charge is -2.22. The minimum absolute atomic E-state index is 0.116. The van der Waals surface area contributed by atoms with Gasteiger partial charge >= 0.3 is 0 Å². The van der Waals surface area contributed by atoms with Gasteiger partial charge in [-0.1, -0.05) is 0 Å². The van der Waals surface area contributed by atoms with Gasteiger partial charge < -0.3 is 15.1 Å². The minimum atomic E-state index is -0.307. The van der Waals surface area contributed by atoms with Crippen molar-refractivity contribution in [3.8, 4) is 0 Å². The van der Waals surface area contributed by atoms with E-state index in [2.05, 4.69) is 5.32 Å². The molecule has 0 atom stereocenters. The van der Waals surface area contributed by atoms with Crippen LogP contribution in [0.1, 0.15) is 54.3 Å². The molecule has 136 valence electrons. The number of hydrogen-bond acceptors (Lipinski definition) is 3. The average Bonchev–Trinajstić information content (AvgIpc) is 2.95. The van der Waals surface area contributed by atoms with Crippen LogP contribution >= 0.6 is 0 Å². The van der Waals surface area contributed by atoms with E-state index in [-0.39, 0.29) is 23.3 Å². The van der Waals surface area contributed by atoms with Crippen molar-refractivity contribution in [1.82, 2.24) is 15.1 Å². The van der Waals surface area contributed by atoms with Crippen LogP contribution in [0.4, 0.5) is 0 Å². The molecule has 3 amide bonds. The lowest BCUT2D eigenvalue weighted by Crippen LogP contribution is -2.40. The largest absolute Gasteiger partial charge is 0.347 e. The number of amides is 3. The molecule has 0 spiro atoms. The van der Waals surface area contributed by atoms with Crippen molar-refractivity contribution in [3.05, 3.63) is 35.4 Å². The Hall–Kier alpha value is -2.37. The number of rotatable bonds is 5. The van der Waals surface area contributed by atoms with Gasteiger partial charge in [0.25, 0.3) is 11.8 Å². The van der Waals surface area contributed by atoms with Gasteiger partial charge in [0.15, 0.2) is 0 Å². The van der Waals surface area contributed by atoms with E-state index in [4.69, 9.17) is 0 Å². The van der Waals surface area contributed by atoms with Gasteiger partial charge in [-0.2, -0.15) is 0 Å². The molecular weight excluding hydrogens is 318 g/mol. The molecule has 0 unspecified atom stereocenters. The molecule has 0 radical (unpaired) electrons. The quantitative estimate of drug-likeness (QED) is 0.886. The molecule has 0 aromatic heterocycles. The lowest BCUT2D eigenvalue weighted by molar-refractivity contribution is -0.127. The van der Waals surface area contributed by atoms with Crippen LogP contribution in [0.25, 0.3) is 0 Å². The SMILES string of the molecule is CN(CCN1CCCC1=O)C(=O)c1ccc(C(=O)NC(C)(C)C)cc1. The topological polar surface area (TPSA) is 69.7 Å². The molecule has 1 saturated heterocycles. The maximum absolute atomic E-state index is 12.5. The minimum Gasteiger partial charge on any atom is -0.347 e. The van der Waals surface area contributed by atoms with E-state index in [0.29, 0.717) is 30.6 Å². The molecule has 25 heavy (non-hydrogen) atoms. The van der Waals surface area contributed by atoms with Gasteiger partial charge in [-0.15, -0.1) is 0 Å². The fourth-order valence-electron chi connectivity index (χ4n) is 2.71. The Balaban J connectivity index is 1.92. The Labute approximate surface area is 149 Å². The predicted molar refractivity (Wildman–Crippen MR) is 96.4 cm³/mol. The standard InChI is InChI=1S/C19H27N3O3/c1-19(2,3)20-17(24)14-7-9-15(10-8-14)18(25)21(4)12-13-22-11-5-6-16(22)23/h7-10H,5-6,11-13H2,1-4H3,(H,20,24). The molecule has 6 heteroatoms. The zero-order chi connectivity index (χ0) is 18.6. The van der Waals surface area contributed by atoms with E-state index < -0.39 is 0 Å². The molecule has 1 aromatic rings. The number of carbonyl (C=O) groups is 3. The van der Waals surface area contributed by atoms with Crippen molar-refractivity contribution in [3.63, 3.8) is 0 Å². The summed E-state index contributed by atoms with van der Waals surface area (Å²) < 4.78 is 0. The van der Waals surface area contributed by atoms with Crippen LogP contribution in [0.3, 0.4) is 0 Å². The molecule has 1 aliphatic rings. The lowest BCUT2D eigenvalue weighted by atomic mass is 10.1. The van der Waals surface area contributed by atoms with E-state index in [0.717, 1.165) is 13.0 Å². The first kappa shape index (κ1) is 19.0. The highest BCUT2D eigenvalue weighted by molar-refractivity contribution is 5.98. The molecule has 6 nitrogen and oxygen atoms in total. The molecule has 1 aliphatic heterocycles. The number of nitrogens with zero attached hydrogens (tertiary/aromatic N) is 2. The van der Waals surface area contributed by atoms with Crippen LogP contribution in [0, 0.1) is 0 Å². The van der Waals surface area contributed by atoms with Crippen molar-refractivity contribution in [2.75, 3.05) is 26.7 Å². The molecule has 0 bridgehead atoms. The number of likely N-dealkylation sites (tertiary alicyclic amines) is 1. The monoisotopic (exact) mass is 345 g/mol. The summed E-state index contributed by atoms with van der Waals surface area (Å²) in [5.74, 6) is -0.114. The Morgan fingerprint density at radius 1 is 1.16 bits per heavy atom. The number of nitrogens with one attached hydrogen (secondary N) is 1. The maximum atomic E-state index is 12.5. The predicted octanol–water partition coefficient (Wildman–Crippen LogP) is 1.91. The van der Waals surface area contributed by atoms with E-state index in [1.165, 1.54) is 0 Å². The molecule has 1 fully saturated rings. The van der Waals surface area contributed by atoms with Crippen LogP contribution in [-0.2, 0) is 4.79 Å². The van der Waals surface area contributed by atoms with Crippen LogP contribution in [0.15, 0.2) is 24.3 Å². The van der Waals surface area contributed by atoms with Crippen LogP contribution < -0.4 is 5.32 Å². The summed E-state index contributed by atoms with van der Waals surface area (Å²) in [7, 11) is 1.73. The third kappa shape index (κ3) is 5.31. The van der Waals surface area contributed by atoms with Gasteiger partial charge in [-0.05, 0) is 51.5 Å². The number of likely N-dealkylation sites (N-methyl/N-ethyl adjacent to an activating group) is 1. The summed E-state index contributed by atoms with van der Waals surface area (Å²) in [6.45, 7) is 7.59. The molecule has 2 rings (SSSR count). The summed E-state index contributed by atoms with van der Waals surface area (Å²) in [4.78, 5) is 39.6. The zero-order valence-corrected chi connectivity index (χ0v) is 15.5. The highest BCUT2D eigenvalue weighted by Crippen LogP contribution is 2.11. The first-order chi connectivity index (χ1) is 11.7. The van der Waals surface area contributed by atoms with Crippen molar-refractivity contribution in [2.24, 2.45) is 0 Å². The number of carbonyl (C=O) groups excluding carboxylic acids is 3. The van der Waals surface area contributed by atoms with Gasteiger partial charge in [-0.25, -0.2) is 0 Å². The van der Waals surface area contributed by atoms with Gasteiger partial charge in [0.1, 0.15) is 0 Å². The molecular formula is C19H27N3O3. The average molecular weight is 345 g/mol. The molecule has 0 saturated carbocycles. The molecule has 0 aliphatic carbocycles. The number of hydrogen-bond donors (Lipinski definition) is 1. The van der Waals surface area contributed by atoms with Crippen LogP contribution in [0.2, 0.25) is 0 Å². The highest BCUT2D eigenvalue weighted by atomic mass is 16.2. The summed E-state index contributed by atoms with van der Waals surface area (Å²) in [5, 5.41) is 2.89. The van der Waals surface area contributed by atoms with E-state index in [1.807, 2.05) is 20.8 Å². The Morgan fingerprint density at radius 3 is 2.28 bits per heavy atom. The fraction of sp³-hybridized carbons (Fsp3) is 0.526. The normalized spacial score (nSPS) is 14.6. The van der Waals surface area contributed by atoms with Gasteiger partial charge in [0, 0.05) is 49.8 Å². The Bertz CT molecular complexity index is 647. The zero-order valence-electron chi connectivity index (χ0n) is 15.5. The molecule has 1 heterocycles. The van der Waals surface area contributed by atoms with Crippen molar-refractivity contribution < 1.29 is 14.4 Å². The van der Waals surface area contributed by atoms with Crippen LogP contribution in [0.5, 0.6) is 0 Å². The smallest absolute Gasteiger partial charge is 0.253 e. The second-order valence-electron chi connectivity index (χ2n) is 7.49. The molecule has 1 N–H and O–H groups in total. The first-order valence-corrected chi connectivity index (χ1v) is 8.63. The van der Waals surface area contributed by atoms with Gasteiger partial charge in [0.2, 0.25) is 5.91 Å².